The van der Waals surface area contributed by atoms with E-state index in [1.807, 2.05) is 26.0 Å². The van der Waals surface area contributed by atoms with Crippen LogP contribution in [-0.2, 0) is 17.8 Å². The number of carboxylic acid groups (broad SMARTS) is 1. The summed E-state index contributed by atoms with van der Waals surface area (Å²) in [6, 6.07) is 5.98. The van der Waals surface area contributed by atoms with Crippen molar-refractivity contribution >= 4 is 17.3 Å². The van der Waals surface area contributed by atoms with E-state index in [2.05, 4.69) is 11.1 Å². The summed E-state index contributed by atoms with van der Waals surface area (Å²) in [7, 11) is 0. The summed E-state index contributed by atoms with van der Waals surface area (Å²) in [5.74, 6) is -0.297. The Balaban J connectivity index is 1.98. The number of thiazole rings is 1. The molecular weight excluding hydrogens is 262 g/mol. The van der Waals surface area contributed by atoms with E-state index in [0.29, 0.717) is 12.3 Å². The van der Waals surface area contributed by atoms with E-state index in [-0.39, 0.29) is 6.42 Å². The van der Waals surface area contributed by atoms with Crippen LogP contribution in [0.3, 0.4) is 0 Å². The van der Waals surface area contributed by atoms with Gasteiger partial charge in [0.1, 0.15) is 17.4 Å². The average molecular weight is 276 g/mol. The van der Waals surface area contributed by atoms with Gasteiger partial charge in [-0.2, -0.15) is 0 Å². The Labute approximate surface area is 115 Å². The van der Waals surface area contributed by atoms with Gasteiger partial charge < -0.3 is 14.6 Å². The number of carbonyl (C=O) groups excluding carboxylic acids is 1. The molecule has 0 aliphatic carbocycles. The lowest BCUT2D eigenvalue weighted by Gasteiger charge is -2.08. The molecule has 0 bridgehead atoms. The van der Waals surface area contributed by atoms with Gasteiger partial charge in [-0.3, -0.25) is 0 Å². The van der Waals surface area contributed by atoms with E-state index in [1.54, 1.807) is 5.38 Å². The number of aromatic nitrogens is 1. The fourth-order valence-electron chi connectivity index (χ4n) is 1.75. The molecule has 0 spiro atoms. The van der Waals surface area contributed by atoms with Crippen LogP contribution in [0, 0.1) is 13.8 Å². The summed E-state index contributed by atoms with van der Waals surface area (Å²) in [6.45, 7) is 4.37. The second kappa shape index (κ2) is 5.84. The molecule has 0 fully saturated rings. The van der Waals surface area contributed by atoms with Crippen LogP contribution in [0.25, 0.3) is 0 Å². The Hall–Kier alpha value is -1.88. The number of hydrogen-bond donors (Lipinski definition) is 0. The normalized spacial score (nSPS) is 10.4. The standard InChI is InChI=1S/C14H15NO3S/c1-9-3-4-12(10(2)5-9)18-7-13-15-11(8-19-13)6-14(16)17/h3-5,8H,6-7H2,1-2H3,(H,16,17)/p-1. The molecule has 0 saturated carbocycles. The van der Waals surface area contributed by atoms with Gasteiger partial charge in [-0.15, -0.1) is 11.3 Å². The van der Waals surface area contributed by atoms with Crippen molar-refractivity contribution in [2.24, 2.45) is 0 Å². The Kier molecular flexibility index (Phi) is 4.16. The lowest BCUT2D eigenvalue weighted by molar-refractivity contribution is -0.304. The van der Waals surface area contributed by atoms with E-state index in [4.69, 9.17) is 4.74 Å². The smallest absolute Gasteiger partial charge is 0.140 e. The number of rotatable bonds is 5. The van der Waals surface area contributed by atoms with Crippen molar-refractivity contribution in [3.05, 3.63) is 45.4 Å². The summed E-state index contributed by atoms with van der Waals surface area (Å²) in [5.41, 5.74) is 2.78. The molecule has 0 amide bonds. The van der Waals surface area contributed by atoms with Gasteiger partial charge in [0.25, 0.3) is 0 Å². The molecule has 0 unspecified atom stereocenters. The Bertz CT molecular complexity index is 592. The lowest BCUT2D eigenvalue weighted by atomic mass is 10.1. The van der Waals surface area contributed by atoms with Crippen LogP contribution < -0.4 is 9.84 Å². The van der Waals surface area contributed by atoms with E-state index in [1.165, 1.54) is 16.9 Å². The first-order valence-corrected chi connectivity index (χ1v) is 6.76. The molecule has 19 heavy (non-hydrogen) atoms. The molecule has 0 atom stereocenters. The molecule has 0 N–H and O–H groups in total. The van der Waals surface area contributed by atoms with Crippen LogP contribution >= 0.6 is 11.3 Å². The maximum absolute atomic E-state index is 10.5. The van der Waals surface area contributed by atoms with Gasteiger partial charge in [-0.25, -0.2) is 4.98 Å². The summed E-state index contributed by atoms with van der Waals surface area (Å²) < 4.78 is 5.68. The highest BCUT2D eigenvalue weighted by molar-refractivity contribution is 7.09. The molecule has 4 nitrogen and oxygen atoms in total. The van der Waals surface area contributed by atoms with Crippen LogP contribution in [0.2, 0.25) is 0 Å². The zero-order valence-electron chi connectivity index (χ0n) is 10.8. The van der Waals surface area contributed by atoms with Crippen LogP contribution in [-0.4, -0.2) is 11.0 Å². The van der Waals surface area contributed by atoms with Crippen LogP contribution in [0.15, 0.2) is 23.6 Å². The number of nitrogens with zero attached hydrogens (tertiary/aromatic N) is 1. The third-order valence-corrected chi connectivity index (χ3v) is 3.48. The van der Waals surface area contributed by atoms with Gasteiger partial charge in [-0.05, 0) is 25.5 Å². The molecule has 100 valence electrons. The lowest BCUT2D eigenvalue weighted by Crippen LogP contribution is -2.24. The van der Waals surface area contributed by atoms with Crippen LogP contribution in [0.5, 0.6) is 5.75 Å². The van der Waals surface area contributed by atoms with Crippen molar-refractivity contribution < 1.29 is 14.6 Å². The summed E-state index contributed by atoms with van der Waals surface area (Å²) in [5, 5.41) is 12.9. The third kappa shape index (κ3) is 3.79. The molecular formula is C14H14NO3S-. The maximum atomic E-state index is 10.5. The zero-order chi connectivity index (χ0) is 13.8. The number of ether oxygens (including phenoxy) is 1. The highest BCUT2D eigenvalue weighted by atomic mass is 32.1. The first-order valence-electron chi connectivity index (χ1n) is 5.88. The Morgan fingerprint density at radius 2 is 2.21 bits per heavy atom. The first-order chi connectivity index (χ1) is 9.04. The van der Waals surface area contributed by atoms with Gasteiger partial charge in [0, 0.05) is 17.8 Å². The number of benzene rings is 1. The van der Waals surface area contributed by atoms with E-state index in [0.717, 1.165) is 16.3 Å². The van der Waals surface area contributed by atoms with E-state index >= 15 is 0 Å². The predicted molar refractivity (Wildman–Crippen MR) is 71.1 cm³/mol. The van der Waals surface area contributed by atoms with Crippen molar-refractivity contribution in [3.8, 4) is 5.75 Å². The minimum absolute atomic E-state index is 0.153. The summed E-state index contributed by atoms with van der Waals surface area (Å²) in [6.07, 6.45) is -0.153. The van der Waals surface area contributed by atoms with Gasteiger partial charge in [0.05, 0.1) is 5.69 Å². The largest absolute Gasteiger partial charge is 0.550 e. The fraction of sp³-hybridized carbons (Fsp3) is 0.286. The highest BCUT2D eigenvalue weighted by Gasteiger charge is 2.05. The molecule has 0 radical (unpaired) electrons. The third-order valence-electron chi connectivity index (χ3n) is 2.61. The predicted octanol–water partition coefficient (Wildman–Crippen LogP) is 1.63. The van der Waals surface area contributed by atoms with Crippen LogP contribution in [0.1, 0.15) is 21.8 Å². The molecule has 2 rings (SSSR count). The summed E-state index contributed by atoms with van der Waals surface area (Å²) in [4.78, 5) is 14.6. The minimum Gasteiger partial charge on any atom is -0.550 e. The second-order valence-electron chi connectivity index (χ2n) is 4.34. The minimum atomic E-state index is -1.12. The highest BCUT2D eigenvalue weighted by Crippen LogP contribution is 2.21. The Morgan fingerprint density at radius 3 is 2.89 bits per heavy atom. The first kappa shape index (κ1) is 13.5. The van der Waals surface area contributed by atoms with E-state index < -0.39 is 5.97 Å². The number of aliphatic carboxylic acids is 1. The van der Waals surface area contributed by atoms with Crippen molar-refractivity contribution in [3.63, 3.8) is 0 Å². The number of carboxylic acids is 1. The van der Waals surface area contributed by atoms with Gasteiger partial charge >= 0.3 is 0 Å². The molecule has 0 aliphatic rings. The fourth-order valence-corrected chi connectivity index (χ4v) is 2.45. The number of carbonyl (C=O) groups is 1. The molecule has 1 heterocycles. The second-order valence-corrected chi connectivity index (χ2v) is 5.28. The molecule has 0 saturated heterocycles. The van der Waals surface area contributed by atoms with Crippen molar-refractivity contribution in [2.45, 2.75) is 26.9 Å². The van der Waals surface area contributed by atoms with E-state index in [9.17, 15) is 9.90 Å². The molecule has 1 aromatic carbocycles. The molecule has 2 aromatic rings. The van der Waals surface area contributed by atoms with Crippen molar-refractivity contribution in [1.82, 2.24) is 4.98 Å². The maximum Gasteiger partial charge on any atom is 0.140 e. The monoisotopic (exact) mass is 276 g/mol. The van der Waals surface area contributed by atoms with Gasteiger partial charge in [0.2, 0.25) is 0 Å². The average Bonchev–Trinajstić information content (AvgIpc) is 2.74. The topological polar surface area (TPSA) is 62.2 Å². The Morgan fingerprint density at radius 1 is 1.42 bits per heavy atom. The molecule has 5 heteroatoms. The number of hydrogen-bond acceptors (Lipinski definition) is 5. The van der Waals surface area contributed by atoms with Gasteiger partial charge in [-0.1, -0.05) is 17.7 Å². The molecule has 1 aromatic heterocycles. The van der Waals surface area contributed by atoms with Crippen LogP contribution in [0.4, 0.5) is 0 Å². The van der Waals surface area contributed by atoms with Gasteiger partial charge in [0.15, 0.2) is 0 Å². The number of aryl methyl sites for hydroxylation is 2. The zero-order valence-corrected chi connectivity index (χ0v) is 11.6. The molecule has 0 aliphatic heterocycles. The van der Waals surface area contributed by atoms with Crippen molar-refractivity contribution in [1.29, 1.82) is 0 Å². The van der Waals surface area contributed by atoms with Crippen molar-refractivity contribution in [2.75, 3.05) is 0 Å². The quantitative estimate of drug-likeness (QED) is 0.832. The summed E-state index contributed by atoms with van der Waals surface area (Å²) >= 11 is 1.39. The SMILES string of the molecule is Cc1ccc(OCc2nc(CC(=O)[O-])cs2)c(C)c1.